The van der Waals surface area contributed by atoms with Gasteiger partial charge < -0.3 is 25.0 Å². The number of rotatable bonds is 8. The Morgan fingerprint density at radius 2 is 1.80 bits per heavy atom. The van der Waals surface area contributed by atoms with Crippen LogP contribution < -0.4 is 15.4 Å². The van der Waals surface area contributed by atoms with E-state index in [0.717, 1.165) is 28.7 Å². The molecule has 2 aromatic rings. The molecule has 2 aliphatic carbocycles. The van der Waals surface area contributed by atoms with Crippen molar-refractivity contribution in [2.24, 2.45) is 11.3 Å². The number of alkyl carbamates (subject to hydrolysis) is 1. The second-order valence-corrected chi connectivity index (χ2v) is 17.3. The van der Waals surface area contributed by atoms with Gasteiger partial charge in [0, 0.05) is 19.4 Å². The van der Waals surface area contributed by atoms with Crippen LogP contribution in [0.2, 0.25) is 0 Å². The van der Waals surface area contributed by atoms with Crippen LogP contribution >= 0.6 is 0 Å². The van der Waals surface area contributed by atoms with E-state index >= 15 is 0 Å². The molecule has 0 aromatic heterocycles. The summed E-state index contributed by atoms with van der Waals surface area (Å²) in [6, 6.07) is 13.9. The summed E-state index contributed by atoms with van der Waals surface area (Å²) in [7, 11) is -2.34. The molecule has 4 aliphatic rings. The van der Waals surface area contributed by atoms with E-state index in [2.05, 4.69) is 28.0 Å². The van der Waals surface area contributed by atoms with Gasteiger partial charge in [-0.25, -0.2) is 13.2 Å². The Morgan fingerprint density at radius 1 is 1.08 bits per heavy atom. The smallest absolute Gasteiger partial charge is 0.407 e. The van der Waals surface area contributed by atoms with Crippen LogP contribution in [0.5, 0.6) is 0 Å². The molecule has 0 spiro atoms. The number of carbonyl (C=O) groups is 4. The summed E-state index contributed by atoms with van der Waals surface area (Å²) in [5.74, 6) is -2.48. The van der Waals surface area contributed by atoms with Crippen LogP contribution in [0.1, 0.15) is 70.4 Å². The van der Waals surface area contributed by atoms with Gasteiger partial charge >= 0.3 is 6.09 Å². The van der Waals surface area contributed by atoms with E-state index in [0.29, 0.717) is 25.7 Å². The number of nitrogens with zero attached hydrogens (tertiary/aromatic N) is 1. The van der Waals surface area contributed by atoms with Gasteiger partial charge in [-0.2, -0.15) is 0 Å². The van der Waals surface area contributed by atoms with Gasteiger partial charge in [0.25, 0.3) is 5.91 Å². The van der Waals surface area contributed by atoms with Crippen molar-refractivity contribution in [3.63, 3.8) is 0 Å². The highest BCUT2D eigenvalue weighted by atomic mass is 32.2. The number of hydrogen-bond acceptors (Lipinski definition) is 8. The van der Waals surface area contributed by atoms with Crippen molar-refractivity contribution in [3.05, 3.63) is 72.3 Å². The predicted molar refractivity (Wildman–Crippen MR) is 191 cm³/mol. The lowest BCUT2D eigenvalue weighted by Crippen LogP contribution is -2.60. The van der Waals surface area contributed by atoms with Gasteiger partial charge in [0.15, 0.2) is 0 Å². The maximum atomic E-state index is 14.6. The van der Waals surface area contributed by atoms with Crippen LogP contribution in [-0.2, 0) is 45.9 Å². The Kier molecular flexibility index (Phi) is 9.83. The molecule has 4 amide bonds. The first-order chi connectivity index (χ1) is 24.1. The quantitative estimate of drug-likeness (QED) is 0.346. The minimum absolute atomic E-state index is 0.0198. The van der Waals surface area contributed by atoms with E-state index in [-0.39, 0.29) is 26.0 Å². The van der Waals surface area contributed by atoms with Gasteiger partial charge in [-0.1, -0.05) is 75.4 Å². The summed E-state index contributed by atoms with van der Waals surface area (Å²) in [5, 5.41) is 4.97. The number of nitrogens with one attached hydrogen (secondary N) is 3. The zero-order valence-corrected chi connectivity index (χ0v) is 30.5. The molecule has 2 saturated carbocycles. The number of ether oxygens (including phenoxy) is 2. The first kappa shape index (κ1) is 36.6. The lowest BCUT2D eigenvalue weighted by Gasteiger charge is -2.36. The summed E-state index contributed by atoms with van der Waals surface area (Å²) in [6.45, 7) is 9.37. The van der Waals surface area contributed by atoms with E-state index in [1.807, 2.05) is 63.2 Å². The van der Waals surface area contributed by atoms with Crippen molar-refractivity contribution in [1.29, 1.82) is 0 Å². The van der Waals surface area contributed by atoms with Crippen molar-refractivity contribution in [3.8, 4) is 11.1 Å². The third-order valence-electron chi connectivity index (χ3n) is 10.7. The molecule has 3 fully saturated rings. The Bertz CT molecular complexity index is 1820. The molecule has 5 atom stereocenters. The maximum absolute atomic E-state index is 14.6. The number of amides is 4. The van der Waals surface area contributed by atoms with Crippen molar-refractivity contribution < 1.29 is 37.1 Å². The molecule has 0 radical (unpaired) electrons. The van der Waals surface area contributed by atoms with Gasteiger partial charge in [0.2, 0.25) is 21.8 Å². The highest BCUT2D eigenvalue weighted by Gasteiger charge is 2.62. The summed E-state index contributed by atoms with van der Waals surface area (Å²) in [4.78, 5) is 57.1. The molecule has 3 N–H and O–H groups in total. The predicted octanol–water partition coefficient (Wildman–Crippen LogP) is 3.94. The SMILES string of the molecule is C=C[C@@H]1C[C@]1(NC(=O)[C@@H]1C[C@]2(OC)CN1C(=O)[C@H](C(C)(C)C)NC(=O)OCCCCc1cc2ccc1-c1ccccc1)C(=O)NS(=O)(=O)C1CC1. The molecule has 51 heavy (non-hydrogen) atoms. The monoisotopic (exact) mass is 720 g/mol. The van der Waals surface area contributed by atoms with Crippen LogP contribution in [0.3, 0.4) is 0 Å². The van der Waals surface area contributed by atoms with E-state index in [1.165, 1.54) is 11.0 Å². The number of aryl methyl sites for hydroxylation is 1. The van der Waals surface area contributed by atoms with Crippen LogP contribution in [0, 0.1) is 11.3 Å². The molecular weight excluding hydrogens is 673 g/mol. The first-order valence-corrected chi connectivity index (χ1v) is 19.2. The van der Waals surface area contributed by atoms with E-state index in [9.17, 15) is 27.6 Å². The summed E-state index contributed by atoms with van der Waals surface area (Å²) >= 11 is 0. The Hall–Kier alpha value is -4.23. The van der Waals surface area contributed by atoms with Crippen molar-refractivity contribution in [2.45, 2.75) is 94.2 Å². The van der Waals surface area contributed by atoms with Gasteiger partial charge in [-0.05, 0) is 66.2 Å². The molecule has 6 rings (SSSR count). The standard InChI is InChI=1S/C38H48N4O8S/c1-6-26-21-38(26,34(45)41-51(47,48)28-16-17-28)40-32(43)30-22-37(49-5)23-42(30)33(44)31(36(2,3)4)39-35(46)50-19-11-10-14-25-20-27(37)15-18-29(25)24-12-8-7-9-13-24/h6-9,12-13,15,18,20,26,28,30-31H,1,10-11,14,16-17,19,21-23H2,2-5H3,(H,39,46)(H,40,43)(H,41,45)/t26-,30+,31-,37+,38-/m1/s1. The topological polar surface area (TPSA) is 160 Å². The largest absolute Gasteiger partial charge is 0.450 e. The van der Waals surface area contributed by atoms with E-state index in [1.54, 1.807) is 7.11 Å². The number of sulfonamides is 1. The van der Waals surface area contributed by atoms with E-state index < -0.39 is 73.6 Å². The molecule has 274 valence electrons. The molecular formula is C38H48N4O8S. The third-order valence-corrected chi connectivity index (χ3v) is 12.5. The van der Waals surface area contributed by atoms with Crippen molar-refractivity contribution in [2.75, 3.05) is 20.3 Å². The fourth-order valence-electron chi connectivity index (χ4n) is 7.37. The third kappa shape index (κ3) is 7.28. The zero-order valence-electron chi connectivity index (χ0n) is 29.7. The number of methoxy groups -OCH3 is 1. The summed E-state index contributed by atoms with van der Waals surface area (Å²) < 4.78 is 39.4. The molecule has 0 unspecified atom stereocenters. The van der Waals surface area contributed by atoms with Gasteiger partial charge in [0.05, 0.1) is 18.4 Å². The molecule has 2 heterocycles. The van der Waals surface area contributed by atoms with E-state index in [4.69, 9.17) is 9.47 Å². The fraction of sp³-hybridized carbons (Fsp3) is 0.526. The zero-order chi connectivity index (χ0) is 36.8. The van der Waals surface area contributed by atoms with Crippen LogP contribution in [0.15, 0.2) is 61.2 Å². The van der Waals surface area contributed by atoms with Gasteiger partial charge in [-0.15, -0.1) is 6.58 Å². The molecule has 2 aliphatic heterocycles. The second kappa shape index (κ2) is 13.7. The maximum Gasteiger partial charge on any atom is 0.407 e. The van der Waals surface area contributed by atoms with Crippen molar-refractivity contribution >= 4 is 33.8 Å². The molecule has 13 heteroatoms. The minimum Gasteiger partial charge on any atom is -0.450 e. The van der Waals surface area contributed by atoms with Crippen LogP contribution in [0.4, 0.5) is 4.79 Å². The van der Waals surface area contributed by atoms with Crippen LogP contribution in [-0.4, -0.2) is 80.3 Å². The minimum atomic E-state index is -3.89. The molecule has 12 nitrogen and oxygen atoms in total. The van der Waals surface area contributed by atoms with Crippen molar-refractivity contribution in [1.82, 2.24) is 20.3 Å². The lowest BCUT2D eigenvalue weighted by molar-refractivity contribution is -0.143. The number of benzene rings is 2. The highest BCUT2D eigenvalue weighted by Crippen LogP contribution is 2.47. The second-order valence-electron chi connectivity index (χ2n) is 15.3. The normalized spacial score (nSPS) is 28.4. The summed E-state index contributed by atoms with van der Waals surface area (Å²) in [5.41, 5.74) is 0.468. The lowest BCUT2D eigenvalue weighted by atomic mass is 9.85. The number of carbonyl (C=O) groups excluding carboxylic acids is 4. The Balaban J connectivity index is 1.40. The number of cyclic esters (lactones) is 1. The Labute approximate surface area is 299 Å². The summed E-state index contributed by atoms with van der Waals surface area (Å²) in [6.07, 6.45) is 3.96. The average Bonchev–Trinajstić information content (AvgIpc) is 4.02. The molecule has 2 aromatic carbocycles. The van der Waals surface area contributed by atoms with Crippen LogP contribution in [0.25, 0.3) is 11.1 Å². The van der Waals surface area contributed by atoms with Gasteiger partial charge in [0.1, 0.15) is 23.2 Å². The average molecular weight is 721 g/mol. The van der Waals surface area contributed by atoms with Gasteiger partial charge in [-0.3, -0.25) is 19.1 Å². The Morgan fingerprint density at radius 3 is 2.43 bits per heavy atom. The number of hydrogen-bond donors (Lipinski definition) is 3. The highest BCUT2D eigenvalue weighted by molar-refractivity contribution is 7.91. The molecule has 1 saturated heterocycles. The molecule has 4 bridgehead atoms. The fourth-order valence-corrected chi connectivity index (χ4v) is 8.74. The number of fused-ring (bicyclic) bond motifs is 5. The first-order valence-electron chi connectivity index (χ1n) is 17.6.